The monoisotopic (exact) mass is 248 g/mol. The van der Waals surface area contributed by atoms with E-state index in [1.165, 1.54) is 24.9 Å². The van der Waals surface area contributed by atoms with Gasteiger partial charge in [0, 0.05) is 24.9 Å². The molecule has 0 bridgehead atoms. The molecule has 0 atom stereocenters. The van der Waals surface area contributed by atoms with Crippen LogP contribution in [0.1, 0.15) is 25.7 Å². The molecule has 0 aliphatic carbocycles. The lowest BCUT2D eigenvalue weighted by atomic mass is 10.2. The number of rotatable bonds is 0. The maximum Gasteiger partial charge on any atom is 0.0556 e. The second-order valence-electron chi connectivity index (χ2n) is 6.04. The Morgan fingerprint density at radius 1 is 0.625 bits per heavy atom. The Morgan fingerprint density at radius 2 is 1.00 bits per heavy atom. The lowest BCUT2D eigenvalue weighted by Gasteiger charge is -2.35. The van der Waals surface area contributed by atoms with Crippen molar-refractivity contribution in [3.63, 3.8) is 0 Å². The Kier molecular flexibility index (Phi) is 4.90. The summed E-state index contributed by atoms with van der Waals surface area (Å²) in [7, 11) is -2.26. The Bertz CT molecular complexity index is 308. The molecule has 0 saturated carbocycles. The molecule has 1 heterocycles. The van der Waals surface area contributed by atoms with Crippen LogP contribution in [-0.4, -0.2) is 15.2 Å². The lowest BCUT2D eigenvalue weighted by Crippen LogP contribution is -2.54. The molecule has 0 fully saturated rings. The van der Waals surface area contributed by atoms with E-state index in [0.717, 1.165) is 12.8 Å². The second-order valence-corrected chi connectivity index (χ2v) is 22.4. The number of hydrogen-bond acceptors (Lipinski definition) is 0. The van der Waals surface area contributed by atoms with Crippen molar-refractivity contribution in [1.82, 2.24) is 0 Å². The standard InChI is InChI=1S/C14H24Si2/c1-15(2)13-11-9-7-5-6-8-10-12-14-16(15,3)4/h5-8,13-14H2,1-4H3. The van der Waals surface area contributed by atoms with Crippen LogP contribution in [0.2, 0.25) is 38.3 Å². The summed E-state index contributed by atoms with van der Waals surface area (Å²) in [5, 5.41) is 0. The topological polar surface area (TPSA) is 0 Å². The smallest absolute Gasteiger partial charge is 0.0556 e. The lowest BCUT2D eigenvalue weighted by molar-refractivity contribution is 0.782. The van der Waals surface area contributed by atoms with Crippen LogP contribution in [0.5, 0.6) is 0 Å². The highest BCUT2D eigenvalue weighted by Gasteiger charge is 2.39. The number of hydrogen-bond donors (Lipinski definition) is 0. The van der Waals surface area contributed by atoms with Crippen LogP contribution in [0.15, 0.2) is 0 Å². The van der Waals surface area contributed by atoms with Crippen molar-refractivity contribution in [2.24, 2.45) is 0 Å². The van der Waals surface area contributed by atoms with Crippen LogP contribution >= 0.6 is 0 Å². The minimum absolute atomic E-state index is 1.08. The molecule has 1 aliphatic heterocycles. The molecule has 0 nitrogen and oxygen atoms in total. The van der Waals surface area contributed by atoms with E-state index in [1.807, 2.05) is 0 Å². The van der Waals surface area contributed by atoms with E-state index in [2.05, 4.69) is 49.9 Å². The van der Waals surface area contributed by atoms with Gasteiger partial charge in [0.05, 0.1) is 15.2 Å². The Balaban J connectivity index is 2.81. The average molecular weight is 249 g/mol. The quantitative estimate of drug-likeness (QED) is 0.448. The fourth-order valence-electron chi connectivity index (χ4n) is 1.65. The van der Waals surface area contributed by atoms with Crippen LogP contribution in [-0.2, 0) is 0 Å². The van der Waals surface area contributed by atoms with Crippen molar-refractivity contribution in [3.8, 4) is 23.7 Å². The zero-order valence-corrected chi connectivity index (χ0v) is 13.2. The maximum absolute atomic E-state index is 3.45. The predicted molar refractivity (Wildman–Crippen MR) is 78.6 cm³/mol. The van der Waals surface area contributed by atoms with Gasteiger partial charge in [-0.05, 0) is 12.8 Å². The summed E-state index contributed by atoms with van der Waals surface area (Å²) >= 11 is 0. The normalized spacial score (nSPS) is 23.8. The molecular formula is C14H24Si2. The second kappa shape index (κ2) is 5.76. The van der Waals surface area contributed by atoms with Gasteiger partial charge in [-0.3, -0.25) is 0 Å². The summed E-state index contributed by atoms with van der Waals surface area (Å²) in [6.45, 7) is 10.1. The minimum Gasteiger partial charge on any atom is -0.107 e. The van der Waals surface area contributed by atoms with E-state index in [1.54, 1.807) is 0 Å². The van der Waals surface area contributed by atoms with Gasteiger partial charge < -0.3 is 0 Å². The fourth-order valence-corrected chi connectivity index (χ4v) is 7.14. The molecule has 1 rings (SSSR count). The first kappa shape index (κ1) is 13.6. The van der Waals surface area contributed by atoms with Gasteiger partial charge in [0.15, 0.2) is 0 Å². The predicted octanol–water partition coefficient (Wildman–Crippen LogP) is 4.06. The van der Waals surface area contributed by atoms with Crippen LogP contribution in [0.4, 0.5) is 0 Å². The van der Waals surface area contributed by atoms with Gasteiger partial charge in [0.2, 0.25) is 0 Å². The molecule has 16 heavy (non-hydrogen) atoms. The highest BCUT2D eigenvalue weighted by Crippen LogP contribution is 2.26. The van der Waals surface area contributed by atoms with E-state index in [9.17, 15) is 0 Å². The molecule has 0 aromatic carbocycles. The minimum atomic E-state index is -1.13. The molecule has 88 valence electrons. The first-order chi connectivity index (χ1) is 7.46. The van der Waals surface area contributed by atoms with Crippen molar-refractivity contribution in [1.29, 1.82) is 0 Å². The van der Waals surface area contributed by atoms with E-state index in [0.29, 0.717) is 0 Å². The molecule has 0 N–H and O–H groups in total. The van der Waals surface area contributed by atoms with E-state index < -0.39 is 15.2 Å². The van der Waals surface area contributed by atoms with Gasteiger partial charge in [-0.1, -0.05) is 26.2 Å². The molecule has 0 amide bonds. The zero-order valence-electron chi connectivity index (χ0n) is 11.2. The third-order valence-corrected chi connectivity index (χ3v) is 21.8. The van der Waals surface area contributed by atoms with Crippen molar-refractivity contribution >= 4 is 15.2 Å². The molecule has 0 unspecified atom stereocenters. The summed E-state index contributed by atoms with van der Waals surface area (Å²) in [5.41, 5.74) is 0. The summed E-state index contributed by atoms with van der Waals surface area (Å²) in [6, 6.07) is 2.38. The Morgan fingerprint density at radius 3 is 1.38 bits per heavy atom. The molecule has 0 aromatic rings. The fraction of sp³-hybridized carbons (Fsp3) is 0.714. The van der Waals surface area contributed by atoms with Gasteiger partial charge in [0.25, 0.3) is 0 Å². The van der Waals surface area contributed by atoms with Crippen molar-refractivity contribution < 1.29 is 0 Å². The molecule has 0 radical (unpaired) electrons. The van der Waals surface area contributed by atoms with E-state index >= 15 is 0 Å². The largest absolute Gasteiger partial charge is 0.107 e. The average Bonchev–Trinajstić information content (AvgIpc) is 2.19. The van der Waals surface area contributed by atoms with Gasteiger partial charge in [0.1, 0.15) is 0 Å². The first-order valence-corrected chi connectivity index (χ1v) is 13.8. The SMILES string of the molecule is C[Si]1(C)CC#CCCCCC#CC[Si]1(C)C. The van der Waals surface area contributed by atoms with Crippen LogP contribution < -0.4 is 0 Å². The van der Waals surface area contributed by atoms with Crippen LogP contribution in [0, 0.1) is 23.7 Å². The molecule has 0 spiro atoms. The summed E-state index contributed by atoms with van der Waals surface area (Å²) in [4.78, 5) is 0. The van der Waals surface area contributed by atoms with Gasteiger partial charge in [-0.2, -0.15) is 0 Å². The van der Waals surface area contributed by atoms with Gasteiger partial charge in [-0.15, -0.1) is 23.7 Å². The summed E-state index contributed by atoms with van der Waals surface area (Å²) in [5.74, 6) is 13.6. The van der Waals surface area contributed by atoms with Crippen molar-refractivity contribution in [2.45, 2.75) is 64.0 Å². The maximum atomic E-state index is 3.45. The van der Waals surface area contributed by atoms with Gasteiger partial charge >= 0.3 is 0 Å². The molecule has 0 aromatic heterocycles. The van der Waals surface area contributed by atoms with E-state index in [-0.39, 0.29) is 0 Å². The van der Waals surface area contributed by atoms with Crippen molar-refractivity contribution in [2.75, 3.05) is 0 Å². The highest BCUT2D eigenvalue weighted by atomic mass is 29.3. The zero-order chi connectivity index (χ0) is 12.1. The molecule has 1 aliphatic rings. The highest BCUT2D eigenvalue weighted by molar-refractivity contribution is 7.41. The van der Waals surface area contributed by atoms with E-state index in [4.69, 9.17) is 0 Å². The Hall–Kier alpha value is -0.446. The first-order valence-electron chi connectivity index (χ1n) is 6.37. The molecular weight excluding hydrogens is 224 g/mol. The molecule has 2 heteroatoms. The van der Waals surface area contributed by atoms with Crippen molar-refractivity contribution in [3.05, 3.63) is 0 Å². The third-order valence-electron chi connectivity index (χ3n) is 4.00. The Labute approximate surface area is 103 Å². The van der Waals surface area contributed by atoms with Gasteiger partial charge in [-0.25, -0.2) is 0 Å². The summed E-state index contributed by atoms with van der Waals surface area (Å²) < 4.78 is 0. The molecule has 0 saturated heterocycles. The third kappa shape index (κ3) is 3.85. The van der Waals surface area contributed by atoms with Crippen LogP contribution in [0.3, 0.4) is 0 Å². The van der Waals surface area contributed by atoms with Crippen LogP contribution in [0.25, 0.3) is 0 Å². The summed E-state index contributed by atoms with van der Waals surface area (Å²) in [6.07, 6.45) is 4.61.